The van der Waals surface area contributed by atoms with Crippen LogP contribution in [0.1, 0.15) is 72.0 Å². The minimum absolute atomic E-state index is 0.0968. The predicted molar refractivity (Wildman–Crippen MR) is 122 cm³/mol. The number of benzene rings is 1. The Morgan fingerprint density at radius 2 is 2.06 bits per heavy atom. The molecule has 1 fully saturated rings. The largest absolute Gasteiger partial charge is 0.487 e. The highest BCUT2D eigenvalue weighted by molar-refractivity contribution is 5.94. The first kappa shape index (κ1) is 21.2. The number of hydrogen-bond donors (Lipinski definition) is 1. The second-order valence-corrected chi connectivity index (χ2v) is 8.98. The van der Waals surface area contributed by atoms with E-state index in [4.69, 9.17) is 9.26 Å². The van der Waals surface area contributed by atoms with Crippen molar-refractivity contribution >= 4 is 11.6 Å². The summed E-state index contributed by atoms with van der Waals surface area (Å²) >= 11 is 0. The van der Waals surface area contributed by atoms with E-state index in [1.165, 1.54) is 0 Å². The molecule has 0 aliphatic heterocycles. The molecule has 0 radical (unpaired) electrons. The predicted octanol–water partition coefficient (Wildman–Crippen LogP) is 4.61. The van der Waals surface area contributed by atoms with Crippen LogP contribution in [0.5, 0.6) is 5.75 Å². The second kappa shape index (κ2) is 8.69. The number of carbonyl (C=O) groups is 1. The highest BCUT2D eigenvalue weighted by atomic mass is 16.5. The average Bonchev–Trinajstić information content (AvgIpc) is 3.39. The molecule has 8 nitrogen and oxygen atoms in total. The van der Waals surface area contributed by atoms with Gasteiger partial charge in [0.2, 0.25) is 5.89 Å². The summed E-state index contributed by atoms with van der Waals surface area (Å²) in [4.78, 5) is 22.1. The standard InChI is InChI=1S/C25H27N5O3/c1-15(2)22(25-28-23(29-33-25)17-8-9-17)27-24(31)18-5-4-6-20(11-18)32-14-19-13-30-12-16(3)7-10-21(30)26-19/h4-7,10-13,15,17,22H,8-9,14H2,1-3H3,(H,27,31). The molecule has 5 rings (SSSR count). The van der Waals surface area contributed by atoms with Crippen molar-refractivity contribution in [2.75, 3.05) is 0 Å². The highest BCUT2D eigenvalue weighted by Gasteiger charge is 2.31. The fourth-order valence-corrected chi connectivity index (χ4v) is 3.73. The molecule has 1 unspecified atom stereocenters. The van der Waals surface area contributed by atoms with E-state index in [9.17, 15) is 4.79 Å². The molecule has 1 amide bonds. The second-order valence-electron chi connectivity index (χ2n) is 8.98. The molecule has 1 atom stereocenters. The molecular formula is C25H27N5O3. The maximum atomic E-state index is 13.0. The van der Waals surface area contributed by atoms with E-state index in [1.54, 1.807) is 18.2 Å². The molecule has 3 heterocycles. The van der Waals surface area contributed by atoms with E-state index >= 15 is 0 Å². The van der Waals surface area contributed by atoms with Crippen molar-refractivity contribution in [1.29, 1.82) is 0 Å². The maximum Gasteiger partial charge on any atom is 0.252 e. The SMILES string of the molecule is Cc1ccc2nc(COc3cccc(C(=O)NC(c4nc(C5CC5)no4)C(C)C)c3)cn2c1. The minimum Gasteiger partial charge on any atom is -0.487 e. The first-order chi connectivity index (χ1) is 16.0. The Balaban J connectivity index is 1.26. The molecular weight excluding hydrogens is 418 g/mol. The number of imidazole rings is 1. The number of pyridine rings is 1. The molecule has 0 spiro atoms. The Morgan fingerprint density at radius 1 is 1.21 bits per heavy atom. The molecule has 1 saturated carbocycles. The first-order valence-electron chi connectivity index (χ1n) is 11.3. The number of hydrogen-bond acceptors (Lipinski definition) is 6. The van der Waals surface area contributed by atoms with Gasteiger partial charge in [0.15, 0.2) is 5.82 Å². The van der Waals surface area contributed by atoms with Crippen LogP contribution in [0.3, 0.4) is 0 Å². The topological polar surface area (TPSA) is 94.5 Å². The number of carbonyl (C=O) groups excluding carboxylic acids is 1. The first-order valence-corrected chi connectivity index (χ1v) is 11.3. The van der Waals surface area contributed by atoms with Crippen LogP contribution in [0.4, 0.5) is 0 Å². The van der Waals surface area contributed by atoms with Crippen LogP contribution in [0.15, 0.2) is 53.3 Å². The Labute approximate surface area is 192 Å². The smallest absolute Gasteiger partial charge is 0.252 e. The Hall–Kier alpha value is -3.68. The van der Waals surface area contributed by atoms with Gasteiger partial charge in [-0.3, -0.25) is 4.79 Å². The molecule has 3 aromatic heterocycles. The van der Waals surface area contributed by atoms with E-state index in [-0.39, 0.29) is 17.9 Å². The van der Waals surface area contributed by atoms with Crippen molar-refractivity contribution < 1.29 is 14.1 Å². The van der Waals surface area contributed by atoms with Gasteiger partial charge in [-0.2, -0.15) is 4.98 Å². The van der Waals surface area contributed by atoms with Crippen LogP contribution in [0, 0.1) is 12.8 Å². The van der Waals surface area contributed by atoms with Crippen molar-refractivity contribution in [3.8, 4) is 5.75 Å². The summed E-state index contributed by atoms with van der Waals surface area (Å²) in [6.07, 6.45) is 6.17. The lowest BCUT2D eigenvalue weighted by atomic mass is 10.0. The zero-order valence-electron chi connectivity index (χ0n) is 19.0. The van der Waals surface area contributed by atoms with Gasteiger partial charge in [-0.1, -0.05) is 31.1 Å². The van der Waals surface area contributed by atoms with Gasteiger partial charge in [-0.25, -0.2) is 4.98 Å². The molecule has 4 aromatic rings. The monoisotopic (exact) mass is 445 g/mol. The Bertz CT molecular complexity index is 1290. The summed E-state index contributed by atoms with van der Waals surface area (Å²) in [7, 11) is 0. The Morgan fingerprint density at radius 3 is 2.85 bits per heavy atom. The third kappa shape index (κ3) is 4.74. The van der Waals surface area contributed by atoms with Crippen LogP contribution in [0.25, 0.3) is 5.65 Å². The van der Waals surface area contributed by atoms with Crippen molar-refractivity contribution in [3.63, 3.8) is 0 Å². The molecule has 170 valence electrons. The maximum absolute atomic E-state index is 13.0. The van der Waals surface area contributed by atoms with Gasteiger partial charge in [-0.15, -0.1) is 0 Å². The number of rotatable bonds is 8. The van der Waals surface area contributed by atoms with Crippen LogP contribution in [-0.4, -0.2) is 25.4 Å². The van der Waals surface area contributed by atoms with Crippen LogP contribution in [0.2, 0.25) is 0 Å². The zero-order chi connectivity index (χ0) is 22.9. The summed E-state index contributed by atoms with van der Waals surface area (Å²) in [5.74, 6) is 2.08. The lowest BCUT2D eigenvalue weighted by Gasteiger charge is -2.18. The molecule has 1 aromatic carbocycles. The molecule has 8 heteroatoms. The molecule has 0 bridgehead atoms. The van der Waals surface area contributed by atoms with Crippen molar-refractivity contribution in [3.05, 3.63) is 77.3 Å². The number of nitrogens with one attached hydrogen (secondary N) is 1. The van der Waals surface area contributed by atoms with Crippen LogP contribution >= 0.6 is 0 Å². The molecule has 1 aliphatic carbocycles. The average molecular weight is 446 g/mol. The number of amides is 1. The van der Waals surface area contributed by atoms with E-state index < -0.39 is 0 Å². The van der Waals surface area contributed by atoms with Gasteiger partial charge in [0.1, 0.15) is 24.0 Å². The van der Waals surface area contributed by atoms with Gasteiger partial charge >= 0.3 is 0 Å². The number of aromatic nitrogens is 4. The van der Waals surface area contributed by atoms with Gasteiger partial charge in [0.25, 0.3) is 5.91 Å². The summed E-state index contributed by atoms with van der Waals surface area (Å²) in [6, 6.07) is 10.8. The summed E-state index contributed by atoms with van der Waals surface area (Å²) in [5, 5.41) is 7.12. The lowest BCUT2D eigenvalue weighted by Crippen LogP contribution is -2.32. The fraction of sp³-hybridized carbons (Fsp3) is 0.360. The normalized spacial score (nSPS) is 14.5. The highest BCUT2D eigenvalue weighted by Crippen LogP contribution is 2.38. The number of aryl methyl sites for hydroxylation is 1. The summed E-state index contributed by atoms with van der Waals surface area (Å²) in [6.45, 7) is 6.39. The lowest BCUT2D eigenvalue weighted by molar-refractivity contribution is 0.0913. The zero-order valence-corrected chi connectivity index (χ0v) is 19.0. The quantitative estimate of drug-likeness (QED) is 0.426. The van der Waals surface area contributed by atoms with Gasteiger partial charge in [0, 0.05) is 23.9 Å². The van der Waals surface area contributed by atoms with Crippen LogP contribution < -0.4 is 10.1 Å². The third-order valence-corrected chi connectivity index (χ3v) is 5.75. The number of fused-ring (bicyclic) bond motifs is 1. The van der Waals surface area contributed by atoms with Crippen molar-refractivity contribution in [2.45, 2.75) is 52.2 Å². The van der Waals surface area contributed by atoms with Gasteiger partial charge in [0.05, 0.1) is 5.69 Å². The van der Waals surface area contributed by atoms with Crippen LogP contribution in [-0.2, 0) is 6.61 Å². The van der Waals surface area contributed by atoms with Gasteiger partial charge in [-0.05, 0) is 55.5 Å². The third-order valence-electron chi connectivity index (χ3n) is 5.75. The molecule has 1 N–H and O–H groups in total. The fourth-order valence-electron chi connectivity index (χ4n) is 3.73. The molecule has 33 heavy (non-hydrogen) atoms. The number of ether oxygens (including phenoxy) is 1. The summed E-state index contributed by atoms with van der Waals surface area (Å²) in [5.41, 5.74) is 3.36. The van der Waals surface area contributed by atoms with E-state index in [0.29, 0.717) is 29.7 Å². The van der Waals surface area contributed by atoms with Crippen molar-refractivity contribution in [2.24, 2.45) is 5.92 Å². The van der Waals surface area contributed by atoms with E-state index in [2.05, 4.69) is 20.4 Å². The molecule has 0 saturated heterocycles. The van der Waals surface area contributed by atoms with Gasteiger partial charge < -0.3 is 19.0 Å². The Kier molecular flexibility index (Phi) is 5.58. The molecule has 1 aliphatic rings. The summed E-state index contributed by atoms with van der Waals surface area (Å²) < 4.78 is 13.4. The van der Waals surface area contributed by atoms with E-state index in [0.717, 1.165) is 35.6 Å². The van der Waals surface area contributed by atoms with Crippen molar-refractivity contribution in [1.82, 2.24) is 24.8 Å². The minimum atomic E-state index is -0.358. The number of nitrogens with zero attached hydrogens (tertiary/aromatic N) is 4. The van der Waals surface area contributed by atoms with E-state index in [1.807, 2.05) is 55.8 Å².